The highest BCUT2D eigenvalue weighted by Crippen LogP contribution is 2.26. The first-order valence-corrected chi connectivity index (χ1v) is 10.6. The van der Waals surface area contributed by atoms with Gasteiger partial charge in [-0.05, 0) is 43.7 Å². The first-order valence-electron chi connectivity index (χ1n) is 8.19. The van der Waals surface area contributed by atoms with Crippen molar-refractivity contribution in [3.05, 3.63) is 75.8 Å². The summed E-state index contributed by atoms with van der Waals surface area (Å²) in [6.07, 6.45) is 2.42. The van der Waals surface area contributed by atoms with Gasteiger partial charge in [0, 0.05) is 38.8 Å². The van der Waals surface area contributed by atoms with Crippen LogP contribution in [0.15, 0.2) is 53.4 Å². The summed E-state index contributed by atoms with van der Waals surface area (Å²) in [6.45, 7) is 4.03. The topological polar surface area (TPSA) is 59.1 Å². The summed E-state index contributed by atoms with van der Waals surface area (Å²) >= 11 is 1.50. The molecule has 0 aliphatic rings. The molecule has 3 rings (SSSR count). The minimum absolute atomic E-state index is 0.214. The lowest BCUT2D eigenvalue weighted by atomic mass is 10.1. The van der Waals surface area contributed by atoms with Crippen molar-refractivity contribution in [2.45, 2.75) is 25.2 Å². The SMILES string of the molecule is Cc1ccc(Cc2sc(NC(=O)c3ccc(S(C)=O)cc3)nc2C)cc1. The van der Waals surface area contributed by atoms with E-state index in [1.165, 1.54) is 22.5 Å². The number of nitrogens with one attached hydrogen (secondary N) is 1. The number of aromatic nitrogens is 1. The fraction of sp³-hybridized carbons (Fsp3) is 0.200. The molecule has 0 aliphatic carbocycles. The van der Waals surface area contributed by atoms with Crippen LogP contribution in [0.25, 0.3) is 0 Å². The molecule has 0 bridgehead atoms. The Morgan fingerprint density at radius 1 is 1.08 bits per heavy atom. The van der Waals surface area contributed by atoms with Crippen molar-refractivity contribution in [2.75, 3.05) is 11.6 Å². The molecule has 0 aliphatic heterocycles. The van der Waals surface area contributed by atoms with Gasteiger partial charge in [-0.3, -0.25) is 14.3 Å². The average Bonchev–Trinajstić information content (AvgIpc) is 2.96. The molecule has 4 nitrogen and oxygen atoms in total. The molecule has 0 saturated heterocycles. The van der Waals surface area contributed by atoms with Crippen molar-refractivity contribution in [1.82, 2.24) is 4.98 Å². The molecule has 0 radical (unpaired) electrons. The van der Waals surface area contributed by atoms with Gasteiger partial charge in [0.1, 0.15) is 0 Å². The van der Waals surface area contributed by atoms with Crippen molar-refractivity contribution >= 4 is 33.2 Å². The number of amides is 1. The van der Waals surface area contributed by atoms with Crippen LogP contribution in [-0.4, -0.2) is 21.4 Å². The van der Waals surface area contributed by atoms with Crippen LogP contribution in [0.4, 0.5) is 5.13 Å². The number of hydrogen-bond acceptors (Lipinski definition) is 4. The first-order chi connectivity index (χ1) is 12.4. The van der Waals surface area contributed by atoms with E-state index in [2.05, 4.69) is 41.5 Å². The molecule has 1 atom stereocenters. The molecule has 1 N–H and O–H groups in total. The number of benzene rings is 2. The number of aryl methyl sites for hydroxylation is 2. The summed E-state index contributed by atoms with van der Waals surface area (Å²) in [4.78, 5) is 18.7. The van der Waals surface area contributed by atoms with Crippen LogP contribution in [0.3, 0.4) is 0 Å². The van der Waals surface area contributed by atoms with Crippen molar-refractivity contribution in [2.24, 2.45) is 0 Å². The van der Waals surface area contributed by atoms with Gasteiger partial charge >= 0.3 is 0 Å². The van der Waals surface area contributed by atoms with E-state index in [9.17, 15) is 9.00 Å². The number of thiazole rings is 1. The smallest absolute Gasteiger partial charge is 0.257 e. The van der Waals surface area contributed by atoms with Gasteiger partial charge in [0.05, 0.1) is 5.69 Å². The summed E-state index contributed by atoms with van der Waals surface area (Å²) in [5, 5.41) is 3.45. The normalized spacial score (nSPS) is 12.0. The standard InChI is InChI=1S/C20H20N2O2S2/c1-13-4-6-15(7-5-13)12-18-14(2)21-20(25-18)22-19(23)16-8-10-17(11-9-16)26(3)24/h4-11H,12H2,1-3H3,(H,21,22,23). The van der Waals surface area contributed by atoms with Gasteiger partial charge in [-0.25, -0.2) is 4.98 Å². The molecular formula is C20H20N2O2S2. The van der Waals surface area contributed by atoms with E-state index in [0.29, 0.717) is 15.6 Å². The average molecular weight is 385 g/mol. The van der Waals surface area contributed by atoms with Crippen molar-refractivity contribution in [3.63, 3.8) is 0 Å². The highest BCUT2D eigenvalue weighted by molar-refractivity contribution is 7.84. The number of anilines is 1. The summed E-state index contributed by atoms with van der Waals surface area (Å²) in [7, 11) is -1.05. The molecule has 134 valence electrons. The lowest BCUT2D eigenvalue weighted by Gasteiger charge is -2.02. The predicted octanol–water partition coefficient (Wildman–Crippen LogP) is 4.34. The van der Waals surface area contributed by atoms with Crippen LogP contribution in [-0.2, 0) is 17.2 Å². The molecular weight excluding hydrogens is 364 g/mol. The maximum atomic E-state index is 12.4. The predicted molar refractivity (Wildman–Crippen MR) is 108 cm³/mol. The quantitative estimate of drug-likeness (QED) is 0.712. The zero-order valence-corrected chi connectivity index (χ0v) is 16.5. The van der Waals surface area contributed by atoms with Crippen LogP contribution in [0.1, 0.15) is 32.1 Å². The van der Waals surface area contributed by atoms with Gasteiger partial charge in [0.15, 0.2) is 5.13 Å². The largest absolute Gasteiger partial charge is 0.298 e. The second-order valence-corrected chi connectivity index (χ2v) is 8.59. The van der Waals surface area contributed by atoms with Crippen LogP contribution in [0.5, 0.6) is 0 Å². The van der Waals surface area contributed by atoms with Crippen LogP contribution in [0, 0.1) is 13.8 Å². The Morgan fingerprint density at radius 3 is 2.35 bits per heavy atom. The minimum Gasteiger partial charge on any atom is -0.298 e. The van der Waals surface area contributed by atoms with Crippen molar-refractivity contribution < 1.29 is 9.00 Å². The molecule has 1 heterocycles. The van der Waals surface area contributed by atoms with Gasteiger partial charge in [0.25, 0.3) is 5.91 Å². The second-order valence-electron chi connectivity index (χ2n) is 6.12. The lowest BCUT2D eigenvalue weighted by Crippen LogP contribution is -2.11. The third-order valence-electron chi connectivity index (χ3n) is 4.05. The number of hydrogen-bond donors (Lipinski definition) is 1. The fourth-order valence-corrected chi connectivity index (χ4v) is 4.02. The van der Waals surface area contributed by atoms with Crippen LogP contribution >= 0.6 is 11.3 Å². The lowest BCUT2D eigenvalue weighted by molar-refractivity contribution is 0.102. The molecule has 0 spiro atoms. The molecule has 0 saturated carbocycles. The first kappa shape index (κ1) is 18.5. The van der Waals surface area contributed by atoms with E-state index < -0.39 is 10.8 Å². The van der Waals surface area contributed by atoms with Gasteiger partial charge in [-0.1, -0.05) is 29.8 Å². The van der Waals surface area contributed by atoms with E-state index >= 15 is 0 Å². The Labute approximate surface area is 159 Å². The van der Waals surface area contributed by atoms with Gasteiger partial charge in [-0.15, -0.1) is 11.3 Å². The summed E-state index contributed by atoms with van der Waals surface area (Å²) < 4.78 is 11.4. The number of nitrogens with zero attached hydrogens (tertiary/aromatic N) is 1. The monoisotopic (exact) mass is 384 g/mol. The Balaban J connectivity index is 1.71. The maximum absolute atomic E-state index is 12.4. The fourth-order valence-electron chi connectivity index (χ4n) is 2.50. The Morgan fingerprint density at radius 2 is 1.73 bits per heavy atom. The summed E-state index contributed by atoms with van der Waals surface area (Å²) in [6, 6.07) is 15.2. The summed E-state index contributed by atoms with van der Waals surface area (Å²) in [5.74, 6) is -0.214. The molecule has 1 aromatic heterocycles. The van der Waals surface area contributed by atoms with E-state index in [-0.39, 0.29) is 5.91 Å². The van der Waals surface area contributed by atoms with Crippen LogP contribution in [0.2, 0.25) is 0 Å². The zero-order chi connectivity index (χ0) is 18.7. The molecule has 1 amide bonds. The molecule has 2 aromatic carbocycles. The maximum Gasteiger partial charge on any atom is 0.257 e. The Bertz CT molecular complexity index is 945. The van der Waals surface area contributed by atoms with E-state index in [1.54, 1.807) is 30.5 Å². The third-order valence-corrected chi connectivity index (χ3v) is 6.06. The Kier molecular flexibility index (Phi) is 5.64. The van der Waals surface area contributed by atoms with Gasteiger partial charge < -0.3 is 0 Å². The van der Waals surface area contributed by atoms with E-state index in [0.717, 1.165) is 17.0 Å². The van der Waals surface area contributed by atoms with Crippen molar-refractivity contribution in [3.8, 4) is 0 Å². The number of rotatable bonds is 5. The highest BCUT2D eigenvalue weighted by atomic mass is 32.2. The number of carbonyl (C=O) groups excluding carboxylic acids is 1. The zero-order valence-electron chi connectivity index (χ0n) is 14.9. The van der Waals surface area contributed by atoms with Crippen molar-refractivity contribution in [1.29, 1.82) is 0 Å². The molecule has 0 fully saturated rings. The minimum atomic E-state index is -1.05. The van der Waals surface area contributed by atoms with Gasteiger partial charge in [0.2, 0.25) is 0 Å². The summed E-state index contributed by atoms with van der Waals surface area (Å²) in [5.41, 5.74) is 3.92. The van der Waals surface area contributed by atoms with Crippen LogP contribution < -0.4 is 5.32 Å². The van der Waals surface area contributed by atoms with E-state index in [1.807, 2.05) is 6.92 Å². The number of carbonyl (C=O) groups is 1. The molecule has 26 heavy (non-hydrogen) atoms. The third kappa shape index (κ3) is 4.45. The second kappa shape index (κ2) is 7.93. The van der Waals surface area contributed by atoms with Gasteiger partial charge in [-0.2, -0.15) is 0 Å². The molecule has 6 heteroatoms. The Hall–Kier alpha value is -2.31. The highest BCUT2D eigenvalue weighted by Gasteiger charge is 2.12. The molecule has 3 aromatic rings. The molecule has 1 unspecified atom stereocenters. The van der Waals surface area contributed by atoms with E-state index in [4.69, 9.17) is 0 Å².